The topological polar surface area (TPSA) is 109 Å². The molecule has 268 valence electrons. The summed E-state index contributed by atoms with van der Waals surface area (Å²) in [5.74, 6) is 0.384. The average molecular weight is 705 g/mol. The van der Waals surface area contributed by atoms with Crippen LogP contribution in [0.25, 0.3) is 0 Å². The number of amides is 1. The van der Waals surface area contributed by atoms with Gasteiger partial charge in [0.15, 0.2) is 0 Å². The monoisotopic (exact) mass is 704 g/mol. The number of sulfonamides is 1. The lowest BCUT2D eigenvalue weighted by Crippen LogP contribution is -2.58. The van der Waals surface area contributed by atoms with Gasteiger partial charge in [0.2, 0.25) is 10.0 Å². The van der Waals surface area contributed by atoms with Crippen LogP contribution >= 0.6 is 0 Å². The summed E-state index contributed by atoms with van der Waals surface area (Å²) in [6.45, 7) is 13.7. The van der Waals surface area contributed by atoms with E-state index in [1.807, 2.05) is 19.9 Å². The minimum atomic E-state index is -4.56. The lowest BCUT2D eigenvalue weighted by atomic mass is 9.83. The van der Waals surface area contributed by atoms with Crippen molar-refractivity contribution in [3.8, 4) is 5.75 Å². The maximum Gasteiger partial charge on any atom is 0.416 e. The smallest absolute Gasteiger partial charge is 0.416 e. The second kappa shape index (κ2) is 16.8. The van der Waals surface area contributed by atoms with Crippen LogP contribution in [0.4, 0.5) is 13.2 Å². The number of benzene rings is 2. The number of carbonyl (C=O) groups is 1. The van der Waals surface area contributed by atoms with Gasteiger partial charge < -0.3 is 20.1 Å². The van der Waals surface area contributed by atoms with Gasteiger partial charge in [-0.3, -0.25) is 9.79 Å². The van der Waals surface area contributed by atoms with E-state index >= 15 is 0 Å². The van der Waals surface area contributed by atoms with Crippen LogP contribution in [-0.2, 0) is 27.4 Å². The minimum absolute atomic E-state index is 0.0775. The molecule has 1 saturated heterocycles. The summed E-state index contributed by atoms with van der Waals surface area (Å²) in [6, 6.07) is 8.85. The van der Waals surface area contributed by atoms with Gasteiger partial charge in [-0.1, -0.05) is 25.1 Å². The van der Waals surface area contributed by atoms with Crippen molar-refractivity contribution in [2.45, 2.75) is 57.7 Å². The Labute approximate surface area is 287 Å². The Morgan fingerprint density at radius 1 is 1.14 bits per heavy atom. The highest BCUT2D eigenvalue weighted by molar-refractivity contribution is 7.89. The number of nitrogens with one attached hydrogen (secondary N) is 2. The van der Waals surface area contributed by atoms with Crippen molar-refractivity contribution in [3.63, 3.8) is 0 Å². The molecular weight excluding hydrogens is 657 g/mol. The highest BCUT2D eigenvalue weighted by Crippen LogP contribution is 2.35. The molecule has 2 aliphatic rings. The number of aryl methyl sites for hydroxylation is 2. The normalized spacial score (nSPS) is 17.1. The molecule has 1 fully saturated rings. The maximum absolute atomic E-state index is 13.7. The summed E-state index contributed by atoms with van der Waals surface area (Å²) < 4.78 is 80.5. The Hall–Kier alpha value is -3.68. The third-order valence-electron chi connectivity index (χ3n) is 8.96. The molecule has 49 heavy (non-hydrogen) atoms. The summed E-state index contributed by atoms with van der Waals surface area (Å²) in [7, 11) is -3.58. The molecule has 13 heteroatoms. The van der Waals surface area contributed by atoms with Gasteiger partial charge in [0.1, 0.15) is 11.6 Å². The molecule has 2 heterocycles. The van der Waals surface area contributed by atoms with Crippen molar-refractivity contribution in [1.82, 2.24) is 14.9 Å². The van der Waals surface area contributed by atoms with Crippen molar-refractivity contribution in [2.24, 2.45) is 10.9 Å². The van der Waals surface area contributed by atoms with E-state index in [9.17, 15) is 26.4 Å². The Bertz CT molecular complexity index is 1620. The second-order valence-electron chi connectivity index (χ2n) is 12.7. The Morgan fingerprint density at radius 3 is 2.57 bits per heavy atom. The van der Waals surface area contributed by atoms with E-state index in [4.69, 9.17) is 9.47 Å². The molecule has 0 saturated carbocycles. The molecule has 2 N–H and O–H groups in total. The highest BCUT2D eigenvalue weighted by Gasteiger charge is 2.40. The van der Waals surface area contributed by atoms with Crippen molar-refractivity contribution >= 4 is 21.8 Å². The van der Waals surface area contributed by atoms with Gasteiger partial charge in [-0.2, -0.15) is 13.2 Å². The van der Waals surface area contributed by atoms with Gasteiger partial charge in [0, 0.05) is 42.8 Å². The van der Waals surface area contributed by atoms with Crippen LogP contribution in [0, 0.1) is 12.8 Å². The Kier molecular flexibility index (Phi) is 13.1. The first-order chi connectivity index (χ1) is 23.2. The van der Waals surface area contributed by atoms with E-state index in [1.165, 1.54) is 4.31 Å². The molecular formula is C36H47F3N4O5S. The van der Waals surface area contributed by atoms with Crippen LogP contribution < -0.4 is 15.4 Å². The van der Waals surface area contributed by atoms with Gasteiger partial charge in [0.05, 0.1) is 31.1 Å². The molecule has 2 aromatic carbocycles. The van der Waals surface area contributed by atoms with Crippen LogP contribution in [0.3, 0.4) is 0 Å². The second-order valence-corrected chi connectivity index (χ2v) is 14.8. The van der Waals surface area contributed by atoms with Crippen LogP contribution in [0.5, 0.6) is 5.75 Å². The van der Waals surface area contributed by atoms with E-state index in [1.54, 1.807) is 30.3 Å². The molecule has 0 bridgehead atoms. The third-order valence-corrected chi connectivity index (χ3v) is 10.8. The molecule has 0 radical (unpaired) electrons. The predicted molar refractivity (Wildman–Crippen MR) is 186 cm³/mol. The first kappa shape index (κ1) is 38.1. The van der Waals surface area contributed by atoms with Gasteiger partial charge in [-0.05, 0) is 86.4 Å². The van der Waals surface area contributed by atoms with Crippen molar-refractivity contribution in [2.75, 3.05) is 51.8 Å². The summed E-state index contributed by atoms with van der Waals surface area (Å²) in [4.78, 5) is 17.1. The van der Waals surface area contributed by atoms with Crippen molar-refractivity contribution in [1.29, 1.82) is 0 Å². The van der Waals surface area contributed by atoms with E-state index in [0.717, 1.165) is 23.3 Å². The summed E-state index contributed by atoms with van der Waals surface area (Å²) in [6.07, 6.45) is 1.30. The zero-order valence-electron chi connectivity index (χ0n) is 28.3. The van der Waals surface area contributed by atoms with Gasteiger partial charge in [-0.15, -0.1) is 13.2 Å². The zero-order chi connectivity index (χ0) is 35.7. The number of halogens is 3. The number of amidine groups is 1. The first-order valence-electron chi connectivity index (χ1n) is 16.6. The van der Waals surface area contributed by atoms with Gasteiger partial charge >= 0.3 is 6.18 Å². The lowest BCUT2D eigenvalue weighted by Gasteiger charge is -2.44. The van der Waals surface area contributed by atoms with E-state index < -0.39 is 27.3 Å². The maximum atomic E-state index is 13.7. The largest absolute Gasteiger partial charge is 0.493 e. The quantitative estimate of drug-likeness (QED) is 0.172. The fourth-order valence-electron chi connectivity index (χ4n) is 5.87. The first-order valence-corrected chi connectivity index (χ1v) is 18.2. The Balaban J connectivity index is 1.32. The molecule has 0 aromatic heterocycles. The fourth-order valence-corrected chi connectivity index (χ4v) is 7.35. The van der Waals surface area contributed by atoms with E-state index in [-0.39, 0.29) is 48.6 Å². The number of hydrogen-bond acceptors (Lipinski definition) is 7. The SMILES string of the molecule is C=CCCOc1cc(C2=NCCC3(CCN(S(=O)(=O)CCc4ccc(C(=O)NCCOC[C@@H](C)C=C)cc4C)CC3)N2)cc(C(F)(F)F)c1. The molecule has 1 atom stereocenters. The van der Waals surface area contributed by atoms with Gasteiger partial charge in [-0.25, -0.2) is 12.7 Å². The van der Waals surface area contributed by atoms with E-state index in [0.29, 0.717) is 69.8 Å². The standard InChI is InChI=1S/C36H47F3N4O5S/c1-5-7-18-48-32-23-30(22-31(24-32)36(37,38)39)33-40-14-11-35(42-33)12-16-43(17-13-35)49(45,46)20-10-28-8-9-29(21-27(28)4)34(44)41-15-19-47-25-26(3)6-2/h5-6,8-9,21-24,26H,1-2,7,10-20,25H2,3-4H3,(H,40,42)(H,41,44)/t26-/m0/s1. The molecule has 1 amide bonds. The predicted octanol–water partition coefficient (Wildman–Crippen LogP) is 5.68. The molecule has 2 aliphatic heterocycles. The van der Waals surface area contributed by atoms with Crippen molar-refractivity contribution in [3.05, 3.63) is 89.5 Å². The van der Waals surface area contributed by atoms with Crippen LogP contribution in [0.1, 0.15) is 65.2 Å². The third kappa shape index (κ3) is 10.7. The number of carbonyl (C=O) groups excluding carboxylic acids is 1. The molecule has 2 aromatic rings. The van der Waals surface area contributed by atoms with Crippen molar-refractivity contribution < 1.29 is 35.9 Å². The molecule has 0 unspecified atom stereocenters. The highest BCUT2D eigenvalue weighted by atomic mass is 32.2. The number of ether oxygens (including phenoxy) is 2. The molecule has 1 spiro atoms. The summed E-state index contributed by atoms with van der Waals surface area (Å²) in [5, 5.41) is 6.22. The summed E-state index contributed by atoms with van der Waals surface area (Å²) >= 11 is 0. The summed E-state index contributed by atoms with van der Waals surface area (Å²) in [5.41, 5.74) is 1.14. The molecule has 0 aliphatic carbocycles. The van der Waals surface area contributed by atoms with Crippen LogP contribution in [0.2, 0.25) is 0 Å². The van der Waals surface area contributed by atoms with Crippen LogP contribution in [0.15, 0.2) is 66.7 Å². The zero-order valence-corrected chi connectivity index (χ0v) is 29.1. The van der Waals surface area contributed by atoms with Crippen LogP contribution in [-0.4, -0.2) is 81.8 Å². The number of nitrogens with zero attached hydrogens (tertiary/aromatic N) is 2. The number of hydrogen-bond donors (Lipinski definition) is 2. The number of piperidine rings is 1. The fraction of sp³-hybridized carbons (Fsp3) is 0.500. The number of alkyl halides is 3. The molecule has 4 rings (SSSR count). The van der Waals surface area contributed by atoms with Gasteiger partial charge in [0.25, 0.3) is 5.91 Å². The number of aliphatic imine (C=N–C) groups is 1. The minimum Gasteiger partial charge on any atom is -0.493 e. The van der Waals surface area contributed by atoms with E-state index in [2.05, 4.69) is 28.8 Å². The molecule has 9 nitrogen and oxygen atoms in total. The average Bonchev–Trinajstić information content (AvgIpc) is 3.07. The lowest BCUT2D eigenvalue weighted by molar-refractivity contribution is -0.137. The number of rotatable bonds is 16. The Morgan fingerprint density at radius 2 is 1.90 bits per heavy atom.